The zero-order valence-electron chi connectivity index (χ0n) is 16.3. The molecular weight excluding hydrogens is 358 g/mol. The Morgan fingerprint density at radius 3 is 2.89 bits per heavy atom. The Bertz CT molecular complexity index is 1140. The number of nitrogens with zero attached hydrogens (tertiary/aromatic N) is 4. The zero-order chi connectivity index (χ0) is 19.5. The first-order chi connectivity index (χ1) is 13.4. The fraction of sp³-hybridized carbons (Fsp3) is 0.450. The molecular formula is C20H23N5O3. The van der Waals surface area contributed by atoms with Crippen molar-refractivity contribution in [2.24, 2.45) is 12.5 Å². The summed E-state index contributed by atoms with van der Waals surface area (Å²) in [7, 11) is 1.75. The summed E-state index contributed by atoms with van der Waals surface area (Å²) in [6, 6.07) is 4.13. The number of anilines is 2. The molecule has 1 N–H and O–H groups in total. The number of imidazole rings is 1. The van der Waals surface area contributed by atoms with Gasteiger partial charge < -0.3 is 14.8 Å². The number of rotatable bonds is 4. The highest BCUT2D eigenvalue weighted by Gasteiger charge is 2.35. The molecule has 8 heteroatoms. The van der Waals surface area contributed by atoms with Crippen LogP contribution in [0.2, 0.25) is 0 Å². The molecule has 0 unspecified atom stereocenters. The number of aromatic nitrogens is 4. The van der Waals surface area contributed by atoms with Crippen molar-refractivity contribution in [3.05, 3.63) is 39.9 Å². The Kier molecular flexibility index (Phi) is 3.74. The topological polar surface area (TPSA) is 83.2 Å². The molecule has 4 heterocycles. The third kappa shape index (κ3) is 2.67. The molecule has 0 bridgehead atoms. The lowest BCUT2D eigenvalue weighted by atomic mass is 9.89. The van der Waals surface area contributed by atoms with E-state index in [1.807, 2.05) is 13.0 Å². The lowest BCUT2D eigenvalue weighted by Crippen LogP contribution is -2.45. The normalized spacial score (nSPS) is 17.2. The lowest BCUT2D eigenvalue weighted by molar-refractivity contribution is -0.110. The van der Waals surface area contributed by atoms with Crippen LogP contribution in [0.3, 0.4) is 0 Å². The third-order valence-electron chi connectivity index (χ3n) is 5.61. The number of hydrogen-bond acceptors (Lipinski definition) is 6. The molecule has 8 nitrogen and oxygen atoms in total. The molecule has 0 atom stereocenters. The maximum absolute atomic E-state index is 12.7. The second-order valence-electron chi connectivity index (χ2n) is 8.13. The molecule has 1 saturated heterocycles. The molecule has 0 spiro atoms. The van der Waals surface area contributed by atoms with Crippen molar-refractivity contribution in [3.8, 4) is 5.75 Å². The molecule has 3 aromatic rings. The molecule has 0 aliphatic carbocycles. The van der Waals surface area contributed by atoms with E-state index in [-0.39, 0.29) is 11.1 Å². The zero-order valence-corrected chi connectivity index (χ0v) is 16.3. The average molecular weight is 381 g/mol. The van der Waals surface area contributed by atoms with Crippen LogP contribution >= 0.6 is 0 Å². The van der Waals surface area contributed by atoms with E-state index in [1.165, 1.54) is 5.56 Å². The summed E-state index contributed by atoms with van der Waals surface area (Å²) in [5, 5.41) is 3.31. The average Bonchev–Trinajstić information content (AvgIpc) is 3.19. The molecule has 5 rings (SSSR count). The van der Waals surface area contributed by atoms with Gasteiger partial charge in [0.05, 0.1) is 26.0 Å². The van der Waals surface area contributed by atoms with Crippen molar-refractivity contribution in [2.45, 2.75) is 26.8 Å². The monoisotopic (exact) mass is 381 g/mol. The van der Waals surface area contributed by atoms with Crippen LogP contribution in [0.1, 0.15) is 18.1 Å². The van der Waals surface area contributed by atoms with E-state index in [2.05, 4.69) is 28.3 Å². The predicted octanol–water partition coefficient (Wildman–Crippen LogP) is 2.15. The summed E-state index contributed by atoms with van der Waals surface area (Å²) in [6.07, 6.45) is 2.61. The number of aryl methyl sites for hydroxylation is 2. The first-order valence-corrected chi connectivity index (χ1v) is 9.47. The molecule has 2 aliphatic rings. The van der Waals surface area contributed by atoms with Crippen LogP contribution in [0.4, 0.5) is 11.6 Å². The van der Waals surface area contributed by atoms with E-state index < -0.39 is 0 Å². The van der Waals surface area contributed by atoms with E-state index in [0.717, 1.165) is 35.5 Å². The van der Waals surface area contributed by atoms with Gasteiger partial charge in [0.1, 0.15) is 11.3 Å². The van der Waals surface area contributed by atoms with E-state index in [0.29, 0.717) is 31.4 Å². The van der Waals surface area contributed by atoms with Gasteiger partial charge in [0.2, 0.25) is 5.95 Å². The molecule has 28 heavy (non-hydrogen) atoms. The summed E-state index contributed by atoms with van der Waals surface area (Å²) >= 11 is 0. The summed E-state index contributed by atoms with van der Waals surface area (Å²) in [5.74, 6) is 1.43. The quantitative estimate of drug-likeness (QED) is 0.746. The standard InChI is InChI=1S/C20H23N5O3/c1-12-6-16-13(4-5-28-16)7-14(12)22-18-21-8-15-17(23-18)25(19(26)24(15)3)9-20(2)10-27-11-20/h6-8H,4-5,9-11H2,1-3H3,(H,21,22,23). The fourth-order valence-corrected chi connectivity index (χ4v) is 3.88. The van der Waals surface area contributed by atoms with Crippen molar-refractivity contribution >= 4 is 22.8 Å². The van der Waals surface area contributed by atoms with Crippen LogP contribution in [0.25, 0.3) is 11.2 Å². The molecule has 1 aromatic carbocycles. The maximum Gasteiger partial charge on any atom is 0.330 e. The Labute approximate surface area is 162 Å². The number of hydrogen-bond donors (Lipinski definition) is 1. The molecule has 0 radical (unpaired) electrons. The third-order valence-corrected chi connectivity index (χ3v) is 5.61. The van der Waals surface area contributed by atoms with Crippen molar-refractivity contribution in [3.63, 3.8) is 0 Å². The Balaban J connectivity index is 1.54. The minimum atomic E-state index is -0.0829. The largest absolute Gasteiger partial charge is 0.493 e. The van der Waals surface area contributed by atoms with Crippen LogP contribution in [-0.4, -0.2) is 38.9 Å². The molecule has 1 fully saturated rings. The first kappa shape index (κ1) is 17.2. The van der Waals surface area contributed by atoms with Gasteiger partial charge in [-0.3, -0.25) is 9.13 Å². The maximum atomic E-state index is 12.7. The summed E-state index contributed by atoms with van der Waals surface area (Å²) in [6.45, 7) is 6.76. The number of fused-ring (bicyclic) bond motifs is 2. The summed E-state index contributed by atoms with van der Waals surface area (Å²) < 4.78 is 14.3. The number of benzene rings is 1. The molecule has 146 valence electrons. The van der Waals surface area contributed by atoms with Crippen LogP contribution in [0, 0.1) is 12.3 Å². The minimum Gasteiger partial charge on any atom is -0.493 e. The van der Waals surface area contributed by atoms with Gasteiger partial charge in [-0.1, -0.05) is 6.92 Å². The van der Waals surface area contributed by atoms with Gasteiger partial charge in [-0.25, -0.2) is 9.78 Å². The van der Waals surface area contributed by atoms with Gasteiger partial charge in [-0.05, 0) is 30.2 Å². The molecule has 0 amide bonds. The van der Waals surface area contributed by atoms with Crippen molar-refractivity contribution in [1.82, 2.24) is 19.1 Å². The number of ether oxygens (including phenoxy) is 2. The van der Waals surface area contributed by atoms with Gasteiger partial charge in [-0.2, -0.15) is 4.98 Å². The van der Waals surface area contributed by atoms with E-state index in [1.54, 1.807) is 22.4 Å². The second kappa shape index (κ2) is 6.07. The molecule has 0 saturated carbocycles. The lowest BCUT2D eigenvalue weighted by Gasteiger charge is -2.37. The highest BCUT2D eigenvalue weighted by Crippen LogP contribution is 2.32. The summed E-state index contributed by atoms with van der Waals surface area (Å²) in [4.78, 5) is 21.8. The Morgan fingerprint density at radius 2 is 2.14 bits per heavy atom. The first-order valence-electron chi connectivity index (χ1n) is 9.47. The fourth-order valence-electron chi connectivity index (χ4n) is 3.88. The van der Waals surface area contributed by atoms with Gasteiger partial charge in [0, 0.05) is 31.1 Å². The van der Waals surface area contributed by atoms with Crippen LogP contribution < -0.4 is 15.7 Å². The molecule has 2 aliphatic heterocycles. The van der Waals surface area contributed by atoms with E-state index in [4.69, 9.17) is 9.47 Å². The SMILES string of the molecule is Cc1cc2c(cc1Nc1ncc3c(n1)n(CC1(C)COC1)c(=O)n3C)CCO2. The smallest absolute Gasteiger partial charge is 0.330 e. The second-order valence-corrected chi connectivity index (χ2v) is 8.13. The number of nitrogens with one attached hydrogen (secondary N) is 1. The molecule has 2 aromatic heterocycles. The van der Waals surface area contributed by atoms with Gasteiger partial charge in [0.15, 0.2) is 5.65 Å². The van der Waals surface area contributed by atoms with Gasteiger partial charge in [-0.15, -0.1) is 0 Å². The summed E-state index contributed by atoms with van der Waals surface area (Å²) in [5.41, 5.74) is 4.44. The van der Waals surface area contributed by atoms with Crippen molar-refractivity contribution < 1.29 is 9.47 Å². The minimum absolute atomic E-state index is 0.0345. The van der Waals surface area contributed by atoms with Crippen LogP contribution in [0.5, 0.6) is 5.75 Å². The Hall–Kier alpha value is -2.87. The van der Waals surface area contributed by atoms with E-state index >= 15 is 0 Å². The Morgan fingerprint density at radius 1 is 1.32 bits per heavy atom. The van der Waals surface area contributed by atoms with Crippen molar-refractivity contribution in [1.29, 1.82) is 0 Å². The van der Waals surface area contributed by atoms with Crippen LogP contribution in [-0.2, 0) is 24.8 Å². The van der Waals surface area contributed by atoms with Crippen molar-refractivity contribution in [2.75, 3.05) is 25.1 Å². The van der Waals surface area contributed by atoms with Gasteiger partial charge in [0.25, 0.3) is 0 Å². The predicted molar refractivity (Wildman–Crippen MR) is 105 cm³/mol. The highest BCUT2D eigenvalue weighted by molar-refractivity contribution is 5.73. The highest BCUT2D eigenvalue weighted by atomic mass is 16.5. The van der Waals surface area contributed by atoms with Crippen LogP contribution in [0.15, 0.2) is 23.1 Å². The van der Waals surface area contributed by atoms with E-state index in [9.17, 15) is 4.79 Å². The van der Waals surface area contributed by atoms with Gasteiger partial charge >= 0.3 is 5.69 Å².